The molecule has 1 N–H and O–H groups in total. The van der Waals surface area contributed by atoms with Gasteiger partial charge in [0.05, 0.1) is 0 Å². The molecule has 0 radical (unpaired) electrons. The zero-order chi connectivity index (χ0) is 13.9. The Bertz CT molecular complexity index is 585. The fourth-order valence-electron chi connectivity index (χ4n) is 2.83. The van der Waals surface area contributed by atoms with Gasteiger partial charge in [-0.2, -0.15) is 0 Å². The van der Waals surface area contributed by atoms with Crippen LogP contribution in [0, 0.1) is 12.7 Å². The third-order valence-electron chi connectivity index (χ3n) is 4.00. The number of aryl methyl sites for hydroxylation is 1. The number of halogens is 1. The molecule has 0 aliphatic heterocycles. The summed E-state index contributed by atoms with van der Waals surface area (Å²) in [6.45, 7) is 1.78. The Hall–Kier alpha value is -1.84. The molecular weight excluding hydrogens is 253 g/mol. The van der Waals surface area contributed by atoms with Crippen LogP contribution < -0.4 is 5.32 Å². The molecule has 1 aromatic heterocycles. The lowest BCUT2D eigenvalue weighted by Crippen LogP contribution is -2.24. The number of nitrogens with one attached hydrogen (secondary N) is 1. The Morgan fingerprint density at radius 1 is 1.25 bits per heavy atom. The molecule has 0 unspecified atom stereocenters. The number of nitrogens with zero attached hydrogens (tertiary/aromatic N) is 2. The van der Waals surface area contributed by atoms with Crippen LogP contribution in [0.25, 0.3) is 5.69 Å². The van der Waals surface area contributed by atoms with Crippen molar-refractivity contribution in [2.24, 2.45) is 0 Å². The molecular formula is C16H20FN3. The number of anilines is 1. The van der Waals surface area contributed by atoms with Crippen molar-refractivity contribution in [1.29, 1.82) is 0 Å². The normalized spacial score (nSPS) is 16.3. The van der Waals surface area contributed by atoms with Gasteiger partial charge in [0.2, 0.25) is 5.95 Å². The fraction of sp³-hybridized carbons (Fsp3) is 0.438. The SMILES string of the molecule is Cc1cc(-n2ccnc2NC2CCCCC2)ccc1F. The van der Waals surface area contributed by atoms with Crippen molar-refractivity contribution < 1.29 is 4.39 Å². The maximum Gasteiger partial charge on any atom is 0.207 e. The summed E-state index contributed by atoms with van der Waals surface area (Å²) in [5, 5.41) is 3.52. The summed E-state index contributed by atoms with van der Waals surface area (Å²) in [6.07, 6.45) is 10.0. The van der Waals surface area contributed by atoms with Gasteiger partial charge >= 0.3 is 0 Å². The van der Waals surface area contributed by atoms with Crippen molar-refractivity contribution in [2.45, 2.75) is 45.1 Å². The molecule has 1 aliphatic carbocycles. The first-order valence-electron chi connectivity index (χ1n) is 7.30. The average molecular weight is 273 g/mol. The minimum Gasteiger partial charge on any atom is -0.353 e. The van der Waals surface area contributed by atoms with E-state index >= 15 is 0 Å². The lowest BCUT2D eigenvalue weighted by Gasteiger charge is -2.23. The van der Waals surface area contributed by atoms with Gasteiger partial charge < -0.3 is 5.32 Å². The van der Waals surface area contributed by atoms with Crippen LogP contribution in [0.5, 0.6) is 0 Å². The maximum atomic E-state index is 13.4. The van der Waals surface area contributed by atoms with E-state index in [1.54, 1.807) is 19.2 Å². The van der Waals surface area contributed by atoms with E-state index in [0.29, 0.717) is 11.6 Å². The van der Waals surface area contributed by atoms with E-state index in [1.165, 1.54) is 38.2 Å². The molecule has 0 amide bonds. The molecule has 1 heterocycles. The molecule has 0 spiro atoms. The lowest BCUT2D eigenvalue weighted by molar-refractivity contribution is 0.460. The summed E-state index contributed by atoms with van der Waals surface area (Å²) >= 11 is 0. The van der Waals surface area contributed by atoms with Gasteiger partial charge in [-0.3, -0.25) is 4.57 Å². The molecule has 3 rings (SSSR count). The highest BCUT2D eigenvalue weighted by molar-refractivity contribution is 5.44. The molecule has 1 aliphatic rings. The standard InChI is InChI=1S/C16H20FN3/c1-12-11-14(7-8-15(12)17)20-10-9-18-16(20)19-13-5-3-2-4-6-13/h7-11,13H,2-6H2,1H3,(H,18,19). The minimum atomic E-state index is -0.171. The Labute approximate surface area is 118 Å². The fourth-order valence-corrected chi connectivity index (χ4v) is 2.83. The van der Waals surface area contributed by atoms with Crippen LogP contribution in [0.2, 0.25) is 0 Å². The van der Waals surface area contributed by atoms with Gasteiger partial charge in [-0.15, -0.1) is 0 Å². The van der Waals surface area contributed by atoms with Gasteiger partial charge in [-0.1, -0.05) is 19.3 Å². The first-order chi connectivity index (χ1) is 9.74. The third kappa shape index (κ3) is 2.69. The van der Waals surface area contributed by atoms with E-state index in [0.717, 1.165) is 11.6 Å². The molecule has 1 aromatic carbocycles. The Kier molecular flexibility index (Phi) is 3.72. The minimum absolute atomic E-state index is 0.171. The number of hydrogen-bond acceptors (Lipinski definition) is 2. The van der Waals surface area contributed by atoms with Gasteiger partial charge in [-0.25, -0.2) is 9.37 Å². The second-order valence-electron chi connectivity index (χ2n) is 5.53. The second-order valence-corrected chi connectivity index (χ2v) is 5.53. The number of benzene rings is 1. The molecule has 1 saturated carbocycles. The van der Waals surface area contributed by atoms with Crippen LogP contribution in [-0.4, -0.2) is 15.6 Å². The van der Waals surface area contributed by atoms with Crippen LogP contribution in [0.4, 0.5) is 10.3 Å². The Morgan fingerprint density at radius 2 is 2.05 bits per heavy atom. The van der Waals surface area contributed by atoms with E-state index in [2.05, 4.69) is 10.3 Å². The van der Waals surface area contributed by atoms with E-state index in [9.17, 15) is 4.39 Å². The summed E-state index contributed by atoms with van der Waals surface area (Å²) in [5.41, 5.74) is 1.60. The van der Waals surface area contributed by atoms with Gasteiger partial charge in [-0.05, 0) is 43.5 Å². The van der Waals surface area contributed by atoms with Gasteiger partial charge in [0.25, 0.3) is 0 Å². The van der Waals surface area contributed by atoms with Crippen LogP contribution in [0.15, 0.2) is 30.6 Å². The van der Waals surface area contributed by atoms with Gasteiger partial charge in [0, 0.05) is 24.1 Å². The molecule has 2 aromatic rings. The van der Waals surface area contributed by atoms with Gasteiger partial charge in [0.1, 0.15) is 5.82 Å². The Morgan fingerprint density at radius 3 is 2.80 bits per heavy atom. The van der Waals surface area contributed by atoms with Crippen LogP contribution in [0.3, 0.4) is 0 Å². The molecule has 20 heavy (non-hydrogen) atoms. The topological polar surface area (TPSA) is 29.9 Å². The van der Waals surface area contributed by atoms with E-state index < -0.39 is 0 Å². The Balaban J connectivity index is 1.83. The monoisotopic (exact) mass is 273 g/mol. The predicted octanol–water partition coefficient (Wildman–Crippen LogP) is 4.06. The number of aromatic nitrogens is 2. The van der Waals surface area contributed by atoms with Crippen molar-refractivity contribution in [3.8, 4) is 5.69 Å². The number of rotatable bonds is 3. The third-order valence-corrected chi connectivity index (χ3v) is 4.00. The van der Waals surface area contributed by atoms with Crippen molar-refractivity contribution in [2.75, 3.05) is 5.32 Å². The van der Waals surface area contributed by atoms with Crippen LogP contribution in [0.1, 0.15) is 37.7 Å². The molecule has 106 valence electrons. The molecule has 3 nitrogen and oxygen atoms in total. The van der Waals surface area contributed by atoms with Crippen molar-refractivity contribution in [3.63, 3.8) is 0 Å². The predicted molar refractivity (Wildman–Crippen MR) is 78.8 cm³/mol. The summed E-state index contributed by atoms with van der Waals surface area (Å²) < 4.78 is 15.4. The summed E-state index contributed by atoms with van der Waals surface area (Å²) in [7, 11) is 0. The average Bonchev–Trinajstić information content (AvgIpc) is 2.91. The second kappa shape index (κ2) is 5.65. The largest absolute Gasteiger partial charge is 0.353 e. The highest BCUT2D eigenvalue weighted by Gasteiger charge is 2.15. The van der Waals surface area contributed by atoms with E-state index in [4.69, 9.17) is 0 Å². The first kappa shape index (κ1) is 13.2. The smallest absolute Gasteiger partial charge is 0.207 e. The molecule has 0 bridgehead atoms. The zero-order valence-electron chi connectivity index (χ0n) is 11.8. The first-order valence-corrected chi connectivity index (χ1v) is 7.30. The molecule has 4 heteroatoms. The summed E-state index contributed by atoms with van der Waals surface area (Å²) in [5.74, 6) is 0.679. The highest BCUT2D eigenvalue weighted by atomic mass is 19.1. The maximum absolute atomic E-state index is 13.4. The molecule has 0 saturated heterocycles. The molecule has 0 atom stereocenters. The molecule has 1 fully saturated rings. The number of imidazole rings is 1. The van der Waals surface area contributed by atoms with Crippen LogP contribution in [-0.2, 0) is 0 Å². The summed E-state index contributed by atoms with van der Waals surface area (Å²) in [6, 6.07) is 5.65. The van der Waals surface area contributed by atoms with E-state index in [1.807, 2.05) is 16.8 Å². The van der Waals surface area contributed by atoms with Crippen molar-refractivity contribution in [3.05, 3.63) is 42.0 Å². The highest BCUT2D eigenvalue weighted by Crippen LogP contribution is 2.23. The quantitative estimate of drug-likeness (QED) is 0.913. The van der Waals surface area contributed by atoms with Crippen LogP contribution >= 0.6 is 0 Å². The lowest BCUT2D eigenvalue weighted by atomic mass is 9.96. The van der Waals surface area contributed by atoms with Crippen molar-refractivity contribution >= 4 is 5.95 Å². The number of hydrogen-bond donors (Lipinski definition) is 1. The summed E-state index contributed by atoms with van der Waals surface area (Å²) in [4.78, 5) is 4.40. The van der Waals surface area contributed by atoms with Gasteiger partial charge in [0.15, 0.2) is 0 Å². The van der Waals surface area contributed by atoms with Crippen molar-refractivity contribution in [1.82, 2.24) is 9.55 Å². The zero-order valence-corrected chi connectivity index (χ0v) is 11.8. The van der Waals surface area contributed by atoms with E-state index in [-0.39, 0.29) is 5.82 Å².